The normalized spacial score (nSPS) is 11.7. The fourth-order valence-corrected chi connectivity index (χ4v) is 4.56. The number of nitrogen functional groups attached to an aromatic ring is 1. The van der Waals surface area contributed by atoms with Gasteiger partial charge in [0.1, 0.15) is 17.2 Å². The van der Waals surface area contributed by atoms with Gasteiger partial charge in [0.15, 0.2) is 5.78 Å². The molecule has 2 N–H and O–H groups in total. The molecule has 0 radical (unpaired) electrons. The number of fused-ring (bicyclic) bond motifs is 1. The van der Waals surface area contributed by atoms with Gasteiger partial charge in [0, 0.05) is 22.4 Å². The van der Waals surface area contributed by atoms with Gasteiger partial charge < -0.3 is 15.4 Å². The molecule has 0 aliphatic heterocycles. The van der Waals surface area contributed by atoms with Crippen molar-refractivity contribution in [3.8, 4) is 17.0 Å². The van der Waals surface area contributed by atoms with Crippen LogP contribution in [0.25, 0.3) is 27.6 Å². The molecule has 0 bridgehead atoms. The van der Waals surface area contributed by atoms with Gasteiger partial charge in [-0.15, -0.1) is 11.3 Å². The summed E-state index contributed by atoms with van der Waals surface area (Å²) in [6.45, 7) is 8.93. The van der Waals surface area contributed by atoms with Crippen LogP contribution >= 0.6 is 34.5 Å². The van der Waals surface area contributed by atoms with E-state index in [0.717, 1.165) is 29.9 Å². The third-order valence-corrected chi connectivity index (χ3v) is 6.35. The first-order chi connectivity index (χ1) is 14.8. The van der Waals surface area contributed by atoms with Crippen LogP contribution < -0.4 is 10.5 Å². The van der Waals surface area contributed by atoms with Crippen molar-refractivity contribution in [2.45, 2.75) is 20.8 Å². The number of anilines is 1. The number of nitrogens with two attached hydrogens (primary N) is 1. The van der Waals surface area contributed by atoms with Gasteiger partial charge in [0.2, 0.25) is 5.95 Å². The van der Waals surface area contributed by atoms with E-state index >= 15 is 0 Å². The molecule has 0 amide bonds. The van der Waals surface area contributed by atoms with Crippen molar-refractivity contribution < 1.29 is 9.53 Å². The molecular weight excluding hydrogens is 455 g/mol. The Morgan fingerprint density at radius 2 is 1.94 bits per heavy atom. The number of aromatic nitrogens is 2. The van der Waals surface area contributed by atoms with E-state index in [0.29, 0.717) is 38.5 Å². The Labute approximate surface area is 195 Å². The fourth-order valence-electron chi connectivity index (χ4n) is 3.09. The van der Waals surface area contributed by atoms with Crippen LogP contribution in [0.2, 0.25) is 10.0 Å². The van der Waals surface area contributed by atoms with E-state index in [2.05, 4.69) is 28.7 Å². The second-order valence-corrected chi connectivity index (χ2v) is 8.76. The quantitative estimate of drug-likeness (QED) is 0.404. The van der Waals surface area contributed by atoms with Crippen molar-refractivity contribution >= 4 is 62.6 Å². The van der Waals surface area contributed by atoms with E-state index < -0.39 is 0 Å². The number of carbonyl (C=O) groups is 1. The molecule has 1 aromatic carbocycles. The van der Waals surface area contributed by atoms with Gasteiger partial charge in [-0.1, -0.05) is 37.0 Å². The molecule has 3 rings (SSSR count). The van der Waals surface area contributed by atoms with Gasteiger partial charge in [-0.2, -0.15) is 0 Å². The van der Waals surface area contributed by atoms with Gasteiger partial charge in [0.25, 0.3) is 0 Å². The molecule has 0 saturated carbocycles. The van der Waals surface area contributed by atoms with Crippen molar-refractivity contribution in [2.24, 2.45) is 0 Å². The molecule has 2 aromatic heterocycles. The fraction of sp³-hybridized carbons (Fsp3) is 0.318. The van der Waals surface area contributed by atoms with Crippen LogP contribution in [0.4, 0.5) is 5.95 Å². The second kappa shape index (κ2) is 10.4. The maximum absolute atomic E-state index is 11.3. The lowest BCUT2D eigenvalue weighted by Crippen LogP contribution is -2.27. The van der Waals surface area contributed by atoms with Gasteiger partial charge in [0.05, 0.1) is 15.7 Å². The SMILES string of the molecule is CCN(CC)CCOc1cc(-c2nc(N)nc3sc(/C=C/C(C)=O)cc23)c(Cl)cc1Cl. The molecule has 164 valence electrons. The molecule has 0 spiro atoms. The predicted octanol–water partition coefficient (Wildman–Crippen LogP) is 5.57. The largest absolute Gasteiger partial charge is 0.491 e. The van der Waals surface area contributed by atoms with Crippen LogP contribution in [0.1, 0.15) is 25.6 Å². The lowest BCUT2D eigenvalue weighted by Gasteiger charge is -2.19. The van der Waals surface area contributed by atoms with Crippen molar-refractivity contribution in [3.05, 3.63) is 39.2 Å². The van der Waals surface area contributed by atoms with E-state index in [1.165, 1.54) is 24.3 Å². The summed E-state index contributed by atoms with van der Waals surface area (Å²) in [6.07, 6.45) is 3.26. The Morgan fingerprint density at radius 1 is 1.19 bits per heavy atom. The number of hydrogen-bond acceptors (Lipinski definition) is 7. The minimum absolute atomic E-state index is 0.0319. The van der Waals surface area contributed by atoms with E-state index in [1.807, 2.05) is 6.07 Å². The van der Waals surface area contributed by atoms with Crippen LogP contribution in [0.15, 0.2) is 24.3 Å². The molecule has 0 unspecified atom stereocenters. The van der Waals surface area contributed by atoms with Crippen molar-refractivity contribution in [2.75, 3.05) is 32.0 Å². The number of rotatable bonds is 9. The summed E-state index contributed by atoms with van der Waals surface area (Å²) in [4.78, 5) is 23.9. The zero-order valence-corrected chi connectivity index (χ0v) is 19.9. The standard InChI is InChI=1S/C22H24Cl2N4O2S/c1-4-28(5-2)8-9-30-19-11-15(17(23)12-18(19)24)20-16-10-14(7-6-13(3)29)31-21(16)27-22(25)26-20/h6-7,10-12H,4-5,8-9H2,1-3H3,(H2,25,26,27)/b7-6+. The maximum Gasteiger partial charge on any atom is 0.221 e. The number of benzene rings is 1. The molecule has 0 aliphatic rings. The number of nitrogens with zero attached hydrogens (tertiary/aromatic N) is 3. The molecule has 0 atom stereocenters. The smallest absolute Gasteiger partial charge is 0.221 e. The van der Waals surface area contributed by atoms with Gasteiger partial charge in [-0.05, 0) is 50.4 Å². The van der Waals surface area contributed by atoms with Crippen molar-refractivity contribution in [3.63, 3.8) is 0 Å². The number of carbonyl (C=O) groups excluding carboxylic acids is 1. The number of ether oxygens (including phenoxy) is 1. The molecule has 0 aliphatic carbocycles. The summed E-state index contributed by atoms with van der Waals surface area (Å²) in [5.41, 5.74) is 7.21. The van der Waals surface area contributed by atoms with Gasteiger partial charge in [-0.3, -0.25) is 4.79 Å². The average Bonchev–Trinajstić information content (AvgIpc) is 3.13. The summed E-state index contributed by atoms with van der Waals surface area (Å²) in [5, 5.41) is 1.66. The molecule has 3 aromatic rings. The van der Waals surface area contributed by atoms with Crippen molar-refractivity contribution in [1.29, 1.82) is 0 Å². The monoisotopic (exact) mass is 478 g/mol. The molecule has 9 heteroatoms. The third-order valence-electron chi connectivity index (χ3n) is 4.75. The molecule has 2 heterocycles. The molecule has 0 fully saturated rings. The first-order valence-electron chi connectivity index (χ1n) is 9.92. The van der Waals surface area contributed by atoms with E-state index in [9.17, 15) is 4.79 Å². The number of allylic oxidation sites excluding steroid dienone is 1. The minimum atomic E-state index is -0.0319. The van der Waals surface area contributed by atoms with Gasteiger partial charge >= 0.3 is 0 Å². The Hall–Kier alpha value is -2.19. The highest BCUT2D eigenvalue weighted by Gasteiger charge is 2.17. The average molecular weight is 479 g/mol. The Kier molecular flexibility index (Phi) is 7.89. The summed E-state index contributed by atoms with van der Waals surface area (Å²) in [7, 11) is 0. The number of halogens is 2. The Balaban J connectivity index is 2.00. The molecule has 31 heavy (non-hydrogen) atoms. The third kappa shape index (κ3) is 5.74. The number of thiophene rings is 1. The van der Waals surface area contributed by atoms with Gasteiger partial charge in [-0.25, -0.2) is 9.97 Å². The minimum Gasteiger partial charge on any atom is -0.491 e. The summed E-state index contributed by atoms with van der Waals surface area (Å²) < 4.78 is 5.95. The zero-order valence-electron chi connectivity index (χ0n) is 17.6. The summed E-state index contributed by atoms with van der Waals surface area (Å²) in [6, 6.07) is 5.36. The molecular formula is C22H24Cl2N4O2S. The van der Waals surface area contributed by atoms with Crippen LogP contribution in [0, 0.1) is 0 Å². The first kappa shape index (κ1) is 23.5. The lowest BCUT2D eigenvalue weighted by molar-refractivity contribution is -0.112. The number of hydrogen-bond donors (Lipinski definition) is 1. The predicted molar refractivity (Wildman–Crippen MR) is 130 cm³/mol. The van der Waals surface area contributed by atoms with Crippen LogP contribution in [0.3, 0.4) is 0 Å². The summed E-state index contributed by atoms with van der Waals surface area (Å²) >= 11 is 14.3. The topological polar surface area (TPSA) is 81.3 Å². The summed E-state index contributed by atoms with van der Waals surface area (Å²) in [5.74, 6) is 0.641. The van der Waals surface area contributed by atoms with E-state index in [1.54, 1.807) is 18.2 Å². The molecule has 0 saturated heterocycles. The van der Waals surface area contributed by atoms with E-state index in [-0.39, 0.29) is 11.7 Å². The highest BCUT2D eigenvalue weighted by Crippen LogP contribution is 2.40. The second-order valence-electron chi connectivity index (χ2n) is 6.88. The maximum atomic E-state index is 11.3. The van der Waals surface area contributed by atoms with Crippen LogP contribution in [-0.2, 0) is 4.79 Å². The van der Waals surface area contributed by atoms with Crippen LogP contribution in [0.5, 0.6) is 5.75 Å². The van der Waals surface area contributed by atoms with E-state index in [4.69, 9.17) is 33.7 Å². The highest BCUT2D eigenvalue weighted by molar-refractivity contribution is 7.19. The number of ketones is 1. The number of likely N-dealkylation sites (N-methyl/N-ethyl adjacent to an activating group) is 1. The highest BCUT2D eigenvalue weighted by atomic mass is 35.5. The zero-order chi connectivity index (χ0) is 22.5. The van der Waals surface area contributed by atoms with Crippen LogP contribution in [-0.4, -0.2) is 46.9 Å². The Bertz CT molecular complexity index is 1130. The lowest BCUT2D eigenvalue weighted by atomic mass is 10.1. The Morgan fingerprint density at radius 3 is 2.61 bits per heavy atom. The first-order valence-corrected chi connectivity index (χ1v) is 11.5. The van der Waals surface area contributed by atoms with Crippen molar-refractivity contribution in [1.82, 2.24) is 14.9 Å². The molecule has 6 nitrogen and oxygen atoms in total.